The van der Waals surface area contributed by atoms with Gasteiger partial charge in [0.2, 0.25) is 0 Å². The molecule has 4 N–H and O–H groups in total. The number of hydrogen-bond donors (Lipinski definition) is 3. The Bertz CT molecular complexity index is 732. The molecule has 0 spiro atoms. The highest BCUT2D eigenvalue weighted by atomic mass is 16.4. The van der Waals surface area contributed by atoms with E-state index in [0.29, 0.717) is 24.8 Å². The average Bonchev–Trinajstić information content (AvgIpc) is 3.40. The quantitative estimate of drug-likeness (QED) is 0.510. The van der Waals surface area contributed by atoms with Crippen molar-refractivity contribution in [2.75, 3.05) is 26.7 Å². The van der Waals surface area contributed by atoms with Crippen molar-refractivity contribution in [3.05, 3.63) is 47.8 Å². The van der Waals surface area contributed by atoms with Gasteiger partial charge in [-0.1, -0.05) is 0 Å². The number of guanidine groups is 1. The molecule has 0 aliphatic carbocycles. The highest BCUT2D eigenvalue weighted by Crippen LogP contribution is 2.24. The van der Waals surface area contributed by atoms with Crippen molar-refractivity contribution in [2.24, 2.45) is 10.7 Å². The molecule has 1 amide bonds. The standard InChI is InChI=1S/C18H25N5O3/c1-20-18(21-11-13-6-7-16(26-13)17(19)24)22-12-14(15-5-4-10-25-15)23-8-2-3-9-23/h4-7,10,14H,2-3,8-9,11-12H2,1H3,(H2,19,24)(H2,20,21,22). The van der Waals surface area contributed by atoms with Gasteiger partial charge in [-0.25, -0.2) is 0 Å². The van der Waals surface area contributed by atoms with Gasteiger partial charge in [0.15, 0.2) is 11.7 Å². The summed E-state index contributed by atoms with van der Waals surface area (Å²) in [6.45, 7) is 3.22. The molecule has 3 heterocycles. The van der Waals surface area contributed by atoms with Crippen LogP contribution in [0, 0.1) is 0 Å². The molecule has 26 heavy (non-hydrogen) atoms. The lowest BCUT2D eigenvalue weighted by atomic mass is 10.2. The first-order valence-electron chi connectivity index (χ1n) is 8.78. The Morgan fingerprint density at radius 2 is 2.12 bits per heavy atom. The summed E-state index contributed by atoms with van der Waals surface area (Å²) in [7, 11) is 1.71. The first kappa shape index (κ1) is 18.1. The summed E-state index contributed by atoms with van der Waals surface area (Å²) in [5.74, 6) is 1.79. The molecular formula is C18H25N5O3. The number of nitrogens with two attached hydrogens (primary N) is 1. The zero-order valence-electron chi connectivity index (χ0n) is 14.9. The number of primary amides is 1. The molecule has 0 aromatic carbocycles. The second-order valence-corrected chi connectivity index (χ2v) is 6.21. The third kappa shape index (κ3) is 4.45. The normalized spacial score (nSPS) is 16.6. The van der Waals surface area contributed by atoms with Crippen LogP contribution >= 0.6 is 0 Å². The van der Waals surface area contributed by atoms with E-state index in [-0.39, 0.29) is 11.8 Å². The molecule has 3 rings (SSSR count). The lowest BCUT2D eigenvalue weighted by Gasteiger charge is -2.26. The zero-order valence-corrected chi connectivity index (χ0v) is 14.9. The van der Waals surface area contributed by atoms with Gasteiger partial charge in [0, 0.05) is 13.6 Å². The van der Waals surface area contributed by atoms with Crippen molar-refractivity contribution in [2.45, 2.75) is 25.4 Å². The Hall–Kier alpha value is -2.74. The minimum absolute atomic E-state index is 0.150. The van der Waals surface area contributed by atoms with Gasteiger partial charge < -0.3 is 25.2 Å². The van der Waals surface area contributed by atoms with Crippen molar-refractivity contribution < 1.29 is 13.6 Å². The van der Waals surface area contributed by atoms with Crippen LogP contribution in [0.3, 0.4) is 0 Å². The van der Waals surface area contributed by atoms with Crippen molar-refractivity contribution in [3.63, 3.8) is 0 Å². The summed E-state index contributed by atoms with van der Waals surface area (Å²) in [6.07, 6.45) is 4.13. The Kier molecular flexibility index (Phi) is 5.96. The summed E-state index contributed by atoms with van der Waals surface area (Å²) < 4.78 is 11.0. The van der Waals surface area contributed by atoms with E-state index in [9.17, 15) is 4.79 Å². The molecular weight excluding hydrogens is 334 g/mol. The van der Waals surface area contributed by atoms with Gasteiger partial charge in [0.25, 0.3) is 5.91 Å². The van der Waals surface area contributed by atoms with E-state index in [1.807, 2.05) is 12.1 Å². The fourth-order valence-electron chi connectivity index (χ4n) is 3.13. The van der Waals surface area contributed by atoms with Crippen LogP contribution in [-0.2, 0) is 6.54 Å². The Morgan fingerprint density at radius 1 is 1.31 bits per heavy atom. The van der Waals surface area contributed by atoms with Crippen LogP contribution in [0.5, 0.6) is 0 Å². The molecule has 1 fully saturated rings. The first-order chi connectivity index (χ1) is 12.7. The fourth-order valence-corrected chi connectivity index (χ4v) is 3.13. The maximum Gasteiger partial charge on any atom is 0.284 e. The smallest absolute Gasteiger partial charge is 0.284 e. The van der Waals surface area contributed by atoms with E-state index in [1.165, 1.54) is 12.8 Å². The molecule has 1 saturated heterocycles. The summed E-state index contributed by atoms with van der Waals surface area (Å²) >= 11 is 0. The largest absolute Gasteiger partial charge is 0.468 e. The molecule has 2 aromatic heterocycles. The van der Waals surface area contributed by atoms with E-state index in [0.717, 1.165) is 18.8 Å². The van der Waals surface area contributed by atoms with Crippen molar-refractivity contribution in [1.82, 2.24) is 15.5 Å². The number of aliphatic imine (C=N–C) groups is 1. The van der Waals surface area contributed by atoms with Crippen molar-refractivity contribution >= 4 is 11.9 Å². The molecule has 140 valence electrons. The lowest BCUT2D eigenvalue weighted by Crippen LogP contribution is -2.42. The molecule has 0 radical (unpaired) electrons. The minimum atomic E-state index is -0.578. The second kappa shape index (κ2) is 8.57. The van der Waals surface area contributed by atoms with Crippen molar-refractivity contribution in [1.29, 1.82) is 0 Å². The Balaban J connectivity index is 1.55. The van der Waals surface area contributed by atoms with E-state index in [2.05, 4.69) is 20.5 Å². The summed E-state index contributed by atoms with van der Waals surface area (Å²) in [4.78, 5) is 17.7. The third-order valence-electron chi connectivity index (χ3n) is 4.47. The number of nitrogens with zero attached hydrogens (tertiary/aromatic N) is 2. The molecule has 0 bridgehead atoms. The number of nitrogens with one attached hydrogen (secondary N) is 2. The number of carbonyl (C=O) groups is 1. The maximum atomic E-state index is 11.1. The molecule has 0 saturated carbocycles. The predicted octanol–water partition coefficient (Wildman–Crippen LogP) is 1.47. The van der Waals surface area contributed by atoms with Crippen LogP contribution in [0.25, 0.3) is 0 Å². The Labute approximate surface area is 152 Å². The Morgan fingerprint density at radius 3 is 2.73 bits per heavy atom. The van der Waals surface area contributed by atoms with Crippen LogP contribution in [0.15, 0.2) is 44.4 Å². The monoisotopic (exact) mass is 359 g/mol. The number of rotatable bonds is 7. The number of likely N-dealkylation sites (tertiary alicyclic amines) is 1. The highest BCUT2D eigenvalue weighted by molar-refractivity contribution is 5.89. The fraction of sp³-hybridized carbons (Fsp3) is 0.444. The van der Waals surface area contributed by atoms with Crippen LogP contribution in [0.2, 0.25) is 0 Å². The van der Waals surface area contributed by atoms with Gasteiger partial charge in [-0.05, 0) is 50.2 Å². The molecule has 8 nitrogen and oxygen atoms in total. The lowest BCUT2D eigenvalue weighted by molar-refractivity contribution is 0.0972. The van der Waals surface area contributed by atoms with Crippen LogP contribution in [-0.4, -0.2) is 43.4 Å². The minimum Gasteiger partial charge on any atom is -0.468 e. The average molecular weight is 359 g/mol. The highest BCUT2D eigenvalue weighted by Gasteiger charge is 2.25. The van der Waals surface area contributed by atoms with E-state index in [4.69, 9.17) is 14.6 Å². The summed E-state index contributed by atoms with van der Waals surface area (Å²) in [5.41, 5.74) is 5.19. The molecule has 1 aliphatic rings. The summed E-state index contributed by atoms with van der Waals surface area (Å²) in [6, 6.07) is 7.37. The van der Waals surface area contributed by atoms with Gasteiger partial charge in [-0.2, -0.15) is 0 Å². The number of hydrogen-bond acceptors (Lipinski definition) is 5. The van der Waals surface area contributed by atoms with Crippen LogP contribution in [0.1, 0.15) is 41.0 Å². The number of furan rings is 2. The van der Waals surface area contributed by atoms with Gasteiger partial charge >= 0.3 is 0 Å². The van der Waals surface area contributed by atoms with Crippen LogP contribution in [0.4, 0.5) is 0 Å². The van der Waals surface area contributed by atoms with E-state index in [1.54, 1.807) is 25.4 Å². The van der Waals surface area contributed by atoms with E-state index < -0.39 is 5.91 Å². The zero-order chi connectivity index (χ0) is 18.4. The van der Waals surface area contributed by atoms with Crippen molar-refractivity contribution in [3.8, 4) is 0 Å². The molecule has 8 heteroatoms. The number of amides is 1. The molecule has 1 atom stereocenters. The predicted molar refractivity (Wildman–Crippen MR) is 97.7 cm³/mol. The van der Waals surface area contributed by atoms with Gasteiger partial charge in [-0.15, -0.1) is 0 Å². The molecule has 1 aliphatic heterocycles. The third-order valence-corrected chi connectivity index (χ3v) is 4.47. The van der Waals surface area contributed by atoms with Gasteiger partial charge in [0.1, 0.15) is 11.5 Å². The van der Waals surface area contributed by atoms with Gasteiger partial charge in [0.05, 0.1) is 18.8 Å². The summed E-state index contributed by atoms with van der Waals surface area (Å²) in [5, 5.41) is 6.51. The topological polar surface area (TPSA) is 109 Å². The SMILES string of the molecule is CN=C(NCc1ccc(C(N)=O)o1)NCC(c1ccco1)N1CCCC1. The first-order valence-corrected chi connectivity index (χ1v) is 8.78. The van der Waals surface area contributed by atoms with Gasteiger partial charge in [-0.3, -0.25) is 14.7 Å². The van der Waals surface area contributed by atoms with Crippen LogP contribution < -0.4 is 16.4 Å². The maximum absolute atomic E-state index is 11.1. The number of carbonyl (C=O) groups excluding carboxylic acids is 1. The molecule has 2 aromatic rings. The molecule has 1 unspecified atom stereocenters. The van der Waals surface area contributed by atoms with E-state index >= 15 is 0 Å². The second-order valence-electron chi connectivity index (χ2n) is 6.21.